The van der Waals surface area contributed by atoms with Crippen LogP contribution in [0.15, 0.2) is 27.7 Å². The second kappa shape index (κ2) is 11.5. The quantitative estimate of drug-likeness (QED) is 0.348. The van der Waals surface area contributed by atoms with Gasteiger partial charge in [0.1, 0.15) is 12.4 Å². The number of nitrogens with zero attached hydrogens (tertiary/aromatic N) is 3. The zero-order valence-corrected chi connectivity index (χ0v) is 19.0. The number of aryl methyl sites for hydroxylation is 1. The van der Waals surface area contributed by atoms with E-state index in [0.29, 0.717) is 50.6 Å². The molecule has 1 aromatic heterocycles. The minimum absolute atomic E-state index is 0.173. The average molecular weight is 418 g/mol. The van der Waals surface area contributed by atoms with E-state index in [0.717, 1.165) is 23.4 Å². The number of rotatable bonds is 10. The molecule has 1 aromatic carbocycles. The zero-order valence-electron chi connectivity index (χ0n) is 19.0. The predicted octanol–water partition coefficient (Wildman–Crippen LogP) is 3.35. The number of hydrogen-bond donors (Lipinski definition) is 2. The van der Waals surface area contributed by atoms with Gasteiger partial charge < -0.3 is 24.6 Å². The molecule has 30 heavy (non-hydrogen) atoms. The van der Waals surface area contributed by atoms with Gasteiger partial charge in [-0.2, -0.15) is 4.98 Å². The Balaban J connectivity index is 2.02. The van der Waals surface area contributed by atoms with Crippen molar-refractivity contribution in [2.45, 2.75) is 60.0 Å². The van der Waals surface area contributed by atoms with Crippen LogP contribution in [0.4, 0.5) is 0 Å². The lowest BCUT2D eigenvalue weighted by molar-refractivity contribution is 0.110. The van der Waals surface area contributed by atoms with Crippen molar-refractivity contribution in [3.63, 3.8) is 0 Å². The molecule has 0 amide bonds. The number of benzene rings is 1. The highest BCUT2D eigenvalue weighted by Crippen LogP contribution is 2.21. The standard InChI is InChI=1S/C22H35N5O3/c1-7-23-21(25-15-19-26-20(30-27-19)22(4,5)6)24-14-17-10-9-16(3)13-18(17)29-12-11-28-8-2/h9-10,13H,7-8,11-12,14-15H2,1-6H3,(H2,23,24,25). The van der Waals surface area contributed by atoms with Crippen molar-refractivity contribution in [3.8, 4) is 5.75 Å². The number of guanidine groups is 1. The molecule has 2 rings (SSSR count). The van der Waals surface area contributed by atoms with Crippen LogP contribution < -0.4 is 15.4 Å². The molecule has 0 radical (unpaired) electrons. The molecular formula is C22H35N5O3. The summed E-state index contributed by atoms with van der Waals surface area (Å²) in [7, 11) is 0. The summed E-state index contributed by atoms with van der Waals surface area (Å²) in [6, 6.07) is 6.14. The normalized spacial score (nSPS) is 12.1. The Labute approximate surface area is 179 Å². The fourth-order valence-electron chi connectivity index (χ4n) is 2.58. The molecule has 0 unspecified atom stereocenters. The van der Waals surface area contributed by atoms with Crippen LogP contribution in [0.3, 0.4) is 0 Å². The van der Waals surface area contributed by atoms with Crippen molar-refractivity contribution in [1.29, 1.82) is 0 Å². The summed E-state index contributed by atoms with van der Waals surface area (Å²) in [5.41, 5.74) is 1.99. The topological polar surface area (TPSA) is 93.8 Å². The average Bonchev–Trinajstić information content (AvgIpc) is 3.18. The Hall–Kier alpha value is -2.61. The third-order valence-electron chi connectivity index (χ3n) is 4.19. The van der Waals surface area contributed by atoms with Crippen molar-refractivity contribution in [2.75, 3.05) is 26.4 Å². The molecule has 0 spiro atoms. The lowest BCUT2D eigenvalue weighted by Gasteiger charge is -2.13. The summed E-state index contributed by atoms with van der Waals surface area (Å²) in [6.07, 6.45) is 0. The molecule has 0 saturated heterocycles. The van der Waals surface area contributed by atoms with Gasteiger partial charge in [-0.1, -0.05) is 38.1 Å². The van der Waals surface area contributed by atoms with Gasteiger partial charge in [-0.15, -0.1) is 0 Å². The first-order valence-corrected chi connectivity index (χ1v) is 10.5. The van der Waals surface area contributed by atoms with Crippen LogP contribution in [0.25, 0.3) is 0 Å². The summed E-state index contributed by atoms with van der Waals surface area (Å²) >= 11 is 0. The molecule has 0 aliphatic heterocycles. The summed E-state index contributed by atoms with van der Waals surface area (Å²) in [6.45, 7) is 15.6. The number of nitrogens with one attached hydrogen (secondary N) is 2. The first kappa shape index (κ1) is 23.7. The van der Waals surface area contributed by atoms with E-state index < -0.39 is 0 Å². The molecule has 166 valence electrons. The van der Waals surface area contributed by atoms with E-state index in [2.05, 4.69) is 31.8 Å². The lowest BCUT2D eigenvalue weighted by atomic mass is 9.97. The van der Waals surface area contributed by atoms with E-state index in [-0.39, 0.29) is 5.41 Å². The van der Waals surface area contributed by atoms with Crippen LogP contribution in [0.1, 0.15) is 57.5 Å². The number of aromatic nitrogens is 2. The van der Waals surface area contributed by atoms with Crippen LogP contribution in [0.2, 0.25) is 0 Å². The van der Waals surface area contributed by atoms with Crippen molar-refractivity contribution >= 4 is 5.96 Å². The van der Waals surface area contributed by atoms with E-state index in [4.69, 9.17) is 14.0 Å². The second-order valence-electron chi connectivity index (χ2n) is 7.97. The molecule has 0 aliphatic rings. The minimum Gasteiger partial charge on any atom is -0.491 e. The summed E-state index contributed by atoms with van der Waals surface area (Å²) in [5, 5.41) is 10.5. The number of hydrogen-bond acceptors (Lipinski definition) is 6. The van der Waals surface area contributed by atoms with E-state index >= 15 is 0 Å². The van der Waals surface area contributed by atoms with E-state index in [1.54, 1.807) is 0 Å². The molecule has 0 atom stereocenters. The molecule has 0 saturated carbocycles. The maximum absolute atomic E-state index is 5.91. The second-order valence-corrected chi connectivity index (χ2v) is 7.97. The van der Waals surface area contributed by atoms with Crippen LogP contribution in [-0.2, 0) is 23.2 Å². The number of ether oxygens (including phenoxy) is 2. The SMILES string of the molecule is CCNC(=NCc1ccc(C)cc1OCCOCC)NCc1noc(C(C)(C)C)n1. The molecule has 0 fully saturated rings. The van der Waals surface area contributed by atoms with Gasteiger partial charge in [0, 0.05) is 24.1 Å². The van der Waals surface area contributed by atoms with E-state index in [1.807, 2.05) is 53.7 Å². The maximum Gasteiger partial charge on any atom is 0.232 e. The van der Waals surface area contributed by atoms with E-state index in [1.165, 1.54) is 0 Å². The summed E-state index contributed by atoms with van der Waals surface area (Å²) in [4.78, 5) is 9.14. The van der Waals surface area contributed by atoms with Gasteiger partial charge in [0.2, 0.25) is 5.89 Å². The molecule has 2 N–H and O–H groups in total. The minimum atomic E-state index is -0.173. The molecule has 1 heterocycles. The highest BCUT2D eigenvalue weighted by atomic mass is 16.5. The Morgan fingerprint density at radius 1 is 1.17 bits per heavy atom. The van der Waals surface area contributed by atoms with Crippen molar-refractivity contribution < 1.29 is 14.0 Å². The summed E-state index contributed by atoms with van der Waals surface area (Å²) in [5.74, 6) is 2.73. The van der Waals surface area contributed by atoms with Crippen LogP contribution >= 0.6 is 0 Å². The first-order valence-electron chi connectivity index (χ1n) is 10.5. The van der Waals surface area contributed by atoms with Gasteiger partial charge in [-0.05, 0) is 32.4 Å². The molecule has 0 aliphatic carbocycles. The highest BCUT2D eigenvalue weighted by Gasteiger charge is 2.21. The molecule has 8 nitrogen and oxygen atoms in total. The fraction of sp³-hybridized carbons (Fsp3) is 0.591. The van der Waals surface area contributed by atoms with Crippen molar-refractivity contribution in [1.82, 2.24) is 20.8 Å². The summed E-state index contributed by atoms with van der Waals surface area (Å²) < 4.78 is 16.6. The smallest absolute Gasteiger partial charge is 0.232 e. The first-order chi connectivity index (χ1) is 14.3. The van der Waals surface area contributed by atoms with Crippen molar-refractivity contribution in [3.05, 3.63) is 41.0 Å². The molecule has 0 bridgehead atoms. The van der Waals surface area contributed by atoms with Gasteiger partial charge in [0.25, 0.3) is 0 Å². The van der Waals surface area contributed by atoms with Gasteiger partial charge in [0.15, 0.2) is 11.8 Å². The highest BCUT2D eigenvalue weighted by molar-refractivity contribution is 5.79. The Kier molecular flexibility index (Phi) is 9.11. The molecular weight excluding hydrogens is 382 g/mol. The third-order valence-corrected chi connectivity index (χ3v) is 4.19. The Bertz CT molecular complexity index is 811. The largest absolute Gasteiger partial charge is 0.491 e. The maximum atomic E-state index is 5.91. The van der Waals surface area contributed by atoms with Gasteiger partial charge >= 0.3 is 0 Å². The third kappa shape index (κ3) is 7.67. The monoisotopic (exact) mass is 417 g/mol. The number of aliphatic imine (C=N–C) groups is 1. The van der Waals surface area contributed by atoms with Gasteiger partial charge in [-0.3, -0.25) is 0 Å². The lowest BCUT2D eigenvalue weighted by Crippen LogP contribution is -2.37. The van der Waals surface area contributed by atoms with E-state index in [9.17, 15) is 0 Å². The fourth-order valence-corrected chi connectivity index (χ4v) is 2.58. The zero-order chi connectivity index (χ0) is 22.0. The molecule has 8 heteroatoms. The van der Waals surface area contributed by atoms with Crippen LogP contribution in [0.5, 0.6) is 5.75 Å². The molecule has 2 aromatic rings. The predicted molar refractivity (Wildman–Crippen MR) is 118 cm³/mol. The Morgan fingerprint density at radius 2 is 1.97 bits per heavy atom. The van der Waals surface area contributed by atoms with Gasteiger partial charge in [0.05, 0.1) is 19.7 Å². The van der Waals surface area contributed by atoms with Crippen molar-refractivity contribution in [2.24, 2.45) is 4.99 Å². The Morgan fingerprint density at radius 3 is 2.63 bits per heavy atom. The van der Waals surface area contributed by atoms with Crippen LogP contribution in [-0.4, -0.2) is 42.5 Å². The van der Waals surface area contributed by atoms with Gasteiger partial charge in [-0.25, -0.2) is 4.99 Å². The van der Waals surface area contributed by atoms with Crippen LogP contribution in [0, 0.1) is 6.92 Å².